The summed E-state index contributed by atoms with van der Waals surface area (Å²) in [6, 6.07) is 16.6. The molecule has 0 spiro atoms. The van der Waals surface area contributed by atoms with E-state index in [-0.39, 0.29) is 18.9 Å². The van der Waals surface area contributed by atoms with Gasteiger partial charge in [0.05, 0.1) is 12.3 Å². The molecule has 2 aromatic rings. The molecule has 0 aliphatic heterocycles. The molecule has 0 saturated heterocycles. The van der Waals surface area contributed by atoms with Crippen LogP contribution in [0.15, 0.2) is 54.6 Å². The summed E-state index contributed by atoms with van der Waals surface area (Å²) in [6.07, 6.45) is -0.905. The summed E-state index contributed by atoms with van der Waals surface area (Å²) in [5, 5.41) is 13.7. The smallest absolute Gasteiger partial charge is 0.207 e. The van der Waals surface area contributed by atoms with Crippen molar-refractivity contribution in [1.29, 1.82) is 0 Å². The van der Waals surface area contributed by atoms with Crippen LogP contribution in [0.3, 0.4) is 0 Å². The van der Waals surface area contributed by atoms with Crippen LogP contribution in [0, 0.1) is 0 Å². The van der Waals surface area contributed by atoms with Gasteiger partial charge in [0.15, 0.2) is 0 Å². The molecule has 4 nitrogen and oxygen atoms in total. The summed E-state index contributed by atoms with van der Waals surface area (Å²) in [5.41, 5.74) is 1.80. The van der Waals surface area contributed by atoms with Crippen LogP contribution < -0.4 is 5.32 Å². The van der Waals surface area contributed by atoms with Crippen LogP contribution in [-0.4, -0.2) is 28.8 Å². The third kappa shape index (κ3) is 6.86. The zero-order chi connectivity index (χ0) is 16.7. The lowest BCUT2D eigenvalue weighted by molar-refractivity contribution is 0.190. The Hall–Kier alpha value is -1.16. The van der Waals surface area contributed by atoms with Gasteiger partial charge in [-0.05, 0) is 23.3 Å². The second kappa shape index (κ2) is 8.62. The molecule has 124 valence electrons. The monoisotopic (exact) mass is 353 g/mol. The lowest BCUT2D eigenvalue weighted by atomic mass is 10.2. The third-order valence-electron chi connectivity index (χ3n) is 3.37. The molecule has 0 saturated carbocycles. The van der Waals surface area contributed by atoms with E-state index < -0.39 is 13.5 Å². The van der Waals surface area contributed by atoms with Gasteiger partial charge in [-0.25, -0.2) is 0 Å². The molecule has 0 bridgehead atoms. The Morgan fingerprint density at radius 1 is 1.09 bits per heavy atom. The minimum absolute atomic E-state index is 0.0825. The first-order valence-electron chi connectivity index (χ1n) is 7.42. The number of hydrogen-bond acceptors (Lipinski definition) is 3. The summed E-state index contributed by atoms with van der Waals surface area (Å²) >= 11 is 5.90. The highest BCUT2D eigenvalue weighted by atomic mass is 35.5. The molecule has 1 unspecified atom stereocenters. The largest absolute Gasteiger partial charge is 0.391 e. The fraction of sp³-hybridized carbons (Fsp3) is 0.294. The van der Waals surface area contributed by atoms with Crippen molar-refractivity contribution in [2.24, 2.45) is 0 Å². The van der Waals surface area contributed by atoms with Crippen LogP contribution >= 0.6 is 19.0 Å². The van der Waals surface area contributed by atoms with Gasteiger partial charge in [0.2, 0.25) is 7.37 Å². The molecule has 0 amide bonds. The predicted octanol–water partition coefficient (Wildman–Crippen LogP) is 3.26. The summed E-state index contributed by atoms with van der Waals surface area (Å²) in [6.45, 7) is 0.803. The first-order chi connectivity index (χ1) is 10.9. The maximum absolute atomic E-state index is 12.2. The molecule has 0 heterocycles. The van der Waals surface area contributed by atoms with Gasteiger partial charge in [0, 0.05) is 24.3 Å². The number of nitrogens with one attached hydrogen (secondary N) is 1. The highest BCUT2D eigenvalue weighted by Gasteiger charge is 2.23. The normalized spacial score (nSPS) is 15.1. The van der Waals surface area contributed by atoms with Crippen molar-refractivity contribution in [2.45, 2.75) is 18.8 Å². The van der Waals surface area contributed by atoms with Gasteiger partial charge in [-0.3, -0.25) is 4.57 Å². The lowest BCUT2D eigenvalue weighted by Gasteiger charge is -2.17. The Kier molecular flexibility index (Phi) is 6.82. The van der Waals surface area contributed by atoms with E-state index >= 15 is 0 Å². The highest BCUT2D eigenvalue weighted by molar-refractivity contribution is 7.57. The summed E-state index contributed by atoms with van der Waals surface area (Å²) in [4.78, 5) is 10.0. The maximum atomic E-state index is 12.2. The first-order valence-corrected chi connectivity index (χ1v) is 9.83. The van der Waals surface area contributed by atoms with Gasteiger partial charge in [-0.1, -0.05) is 54.1 Å². The molecule has 0 aromatic heterocycles. The number of aliphatic hydroxyl groups excluding tert-OH is 1. The van der Waals surface area contributed by atoms with Crippen LogP contribution in [-0.2, 0) is 17.3 Å². The van der Waals surface area contributed by atoms with E-state index in [4.69, 9.17) is 11.6 Å². The van der Waals surface area contributed by atoms with Gasteiger partial charge in [-0.15, -0.1) is 0 Å². The van der Waals surface area contributed by atoms with Crippen molar-refractivity contribution in [3.8, 4) is 0 Å². The maximum Gasteiger partial charge on any atom is 0.207 e. The van der Waals surface area contributed by atoms with Gasteiger partial charge < -0.3 is 15.3 Å². The van der Waals surface area contributed by atoms with Gasteiger partial charge in [-0.2, -0.15) is 0 Å². The molecule has 6 heteroatoms. The molecule has 2 rings (SSSR count). The van der Waals surface area contributed by atoms with Crippen LogP contribution in [0.5, 0.6) is 0 Å². The zero-order valence-corrected chi connectivity index (χ0v) is 14.4. The van der Waals surface area contributed by atoms with Gasteiger partial charge >= 0.3 is 0 Å². The number of hydrogen-bond donors (Lipinski definition) is 3. The van der Waals surface area contributed by atoms with Crippen molar-refractivity contribution >= 4 is 19.0 Å². The van der Waals surface area contributed by atoms with E-state index in [1.54, 1.807) is 6.07 Å². The van der Waals surface area contributed by atoms with E-state index in [1.807, 2.05) is 48.5 Å². The Balaban J connectivity index is 1.77. The summed E-state index contributed by atoms with van der Waals surface area (Å²) < 4.78 is 12.2. The standard InChI is InChI=1S/C17H21ClNO3P/c18-16-8-4-7-15(9-16)10-19-11-17(20)13-23(21,22)12-14-5-2-1-3-6-14/h1-9,17,19-20H,10-13H2,(H,21,22)/t17-/m0/s1. The van der Waals surface area contributed by atoms with Crippen molar-refractivity contribution in [3.63, 3.8) is 0 Å². The lowest BCUT2D eigenvalue weighted by Crippen LogP contribution is -2.29. The Morgan fingerprint density at radius 2 is 1.78 bits per heavy atom. The van der Waals surface area contributed by atoms with Crippen molar-refractivity contribution < 1.29 is 14.6 Å². The third-order valence-corrected chi connectivity index (χ3v) is 5.45. The summed E-state index contributed by atoms with van der Waals surface area (Å²) in [7, 11) is -3.40. The molecule has 2 atom stereocenters. The fourth-order valence-electron chi connectivity index (χ4n) is 2.36. The Labute approximate surface area is 141 Å². The number of benzene rings is 2. The quantitative estimate of drug-likeness (QED) is 0.637. The van der Waals surface area contributed by atoms with E-state index in [9.17, 15) is 14.6 Å². The van der Waals surface area contributed by atoms with Crippen molar-refractivity contribution in [1.82, 2.24) is 5.32 Å². The van der Waals surface area contributed by atoms with E-state index in [1.165, 1.54) is 0 Å². The molecule has 3 N–H and O–H groups in total. The molecule has 0 aliphatic rings. The zero-order valence-electron chi connectivity index (χ0n) is 12.7. The molecule has 0 radical (unpaired) electrons. The number of rotatable bonds is 8. The SMILES string of the molecule is O=P(O)(Cc1ccccc1)C[C@@H](O)CNCc1cccc(Cl)c1. The first kappa shape index (κ1) is 18.2. The highest BCUT2D eigenvalue weighted by Crippen LogP contribution is 2.44. The van der Waals surface area contributed by atoms with Crippen LogP contribution in [0.2, 0.25) is 5.02 Å². The summed E-state index contributed by atoms with van der Waals surface area (Å²) in [5.74, 6) is 0. The van der Waals surface area contributed by atoms with Crippen molar-refractivity contribution in [3.05, 3.63) is 70.7 Å². The predicted molar refractivity (Wildman–Crippen MR) is 94.0 cm³/mol. The van der Waals surface area contributed by atoms with Crippen LogP contribution in [0.25, 0.3) is 0 Å². The van der Waals surface area contributed by atoms with Crippen LogP contribution in [0.4, 0.5) is 0 Å². The van der Waals surface area contributed by atoms with Crippen LogP contribution in [0.1, 0.15) is 11.1 Å². The second-order valence-electron chi connectivity index (χ2n) is 5.59. The topological polar surface area (TPSA) is 69.6 Å². The Bertz CT molecular complexity index is 666. The van der Waals surface area contributed by atoms with Crippen molar-refractivity contribution in [2.75, 3.05) is 12.7 Å². The average Bonchev–Trinajstić information content (AvgIpc) is 2.47. The number of halogens is 1. The molecule has 2 aromatic carbocycles. The molecule has 0 aliphatic carbocycles. The molecule has 23 heavy (non-hydrogen) atoms. The van der Waals surface area contributed by atoms with E-state index in [2.05, 4.69) is 5.32 Å². The molecule has 0 fully saturated rings. The average molecular weight is 354 g/mol. The molecular formula is C17H21ClNO3P. The van der Waals surface area contributed by atoms with E-state index in [0.29, 0.717) is 11.6 Å². The second-order valence-corrected chi connectivity index (χ2v) is 8.40. The van der Waals surface area contributed by atoms with Gasteiger partial charge in [0.25, 0.3) is 0 Å². The minimum atomic E-state index is -3.40. The molecular weight excluding hydrogens is 333 g/mol. The van der Waals surface area contributed by atoms with E-state index in [0.717, 1.165) is 11.1 Å². The minimum Gasteiger partial charge on any atom is -0.391 e. The van der Waals surface area contributed by atoms with Gasteiger partial charge in [0.1, 0.15) is 0 Å². The number of aliphatic hydroxyl groups is 1. The Morgan fingerprint density at radius 3 is 2.48 bits per heavy atom. The fourth-order valence-corrected chi connectivity index (χ4v) is 4.27.